The lowest BCUT2D eigenvalue weighted by Crippen LogP contribution is -2.28. The number of rotatable bonds is 8. The Balaban J connectivity index is 1.07. The summed E-state index contributed by atoms with van der Waals surface area (Å²) in [6.07, 6.45) is 0. The van der Waals surface area contributed by atoms with Gasteiger partial charge in [0.1, 0.15) is 0 Å². The number of hydrogen-bond acceptors (Lipinski definition) is 1. The molecule has 0 fully saturated rings. The van der Waals surface area contributed by atoms with Crippen LogP contribution in [0.1, 0.15) is 22.3 Å². The SMILES string of the molecule is c1ccc(-c2cc(-c3ccccc3)cc(-c3ccc(N(c4ccc5c(c4)-c4ccccc4C5(c4ccccc4)c4ccccc4)c4cc5ccccc5c5ccccc45)cc3)c2)cc1. The van der Waals surface area contributed by atoms with E-state index in [9.17, 15) is 0 Å². The molecule has 0 heterocycles. The molecule has 0 unspecified atom stereocenters. The molecule has 1 aliphatic carbocycles. The Hall–Kier alpha value is -8.26. The zero-order valence-electron chi connectivity index (χ0n) is 35.3. The minimum absolute atomic E-state index is 0.470. The van der Waals surface area contributed by atoms with Gasteiger partial charge in [-0.3, -0.25) is 0 Å². The van der Waals surface area contributed by atoms with E-state index in [4.69, 9.17) is 0 Å². The monoisotopic (exact) mass is 813 g/mol. The van der Waals surface area contributed by atoms with Crippen molar-refractivity contribution in [1.82, 2.24) is 0 Å². The van der Waals surface area contributed by atoms with Crippen molar-refractivity contribution in [2.45, 2.75) is 5.41 Å². The van der Waals surface area contributed by atoms with E-state index in [1.54, 1.807) is 0 Å². The van der Waals surface area contributed by atoms with Gasteiger partial charge in [-0.05, 0) is 131 Å². The van der Waals surface area contributed by atoms with Crippen LogP contribution in [0.5, 0.6) is 0 Å². The van der Waals surface area contributed by atoms with E-state index in [1.165, 1.54) is 88.3 Å². The smallest absolute Gasteiger partial charge is 0.0713 e. The Morgan fingerprint density at radius 1 is 0.266 bits per heavy atom. The first-order chi connectivity index (χ1) is 31.7. The van der Waals surface area contributed by atoms with Crippen molar-refractivity contribution in [3.8, 4) is 44.5 Å². The average Bonchev–Trinajstić information content (AvgIpc) is 3.68. The van der Waals surface area contributed by atoms with E-state index in [1.807, 2.05) is 0 Å². The standard InChI is InChI=1S/C63H43N/c1-5-19-44(20-6-1)48-39-49(45-21-7-2-8-22-45)41-50(40-48)46-33-35-53(36-34-46)64(62-42-47-23-13-14-28-55(47)56-29-15-16-31-58(56)62)54-37-38-61-59(43-54)57-30-17-18-32-60(57)63(61,51-24-9-3-10-25-51)52-26-11-4-12-27-52/h1-43H. The molecule has 12 rings (SSSR count). The Labute approximate surface area is 374 Å². The van der Waals surface area contributed by atoms with Crippen LogP contribution in [-0.2, 0) is 5.41 Å². The topological polar surface area (TPSA) is 3.24 Å². The molecule has 0 N–H and O–H groups in total. The summed E-state index contributed by atoms with van der Waals surface area (Å²) in [4.78, 5) is 2.47. The summed E-state index contributed by atoms with van der Waals surface area (Å²) in [6, 6.07) is 95.9. The lowest BCUT2D eigenvalue weighted by Gasteiger charge is -2.34. The van der Waals surface area contributed by atoms with Crippen molar-refractivity contribution in [2.75, 3.05) is 4.90 Å². The van der Waals surface area contributed by atoms with Crippen LogP contribution in [0.2, 0.25) is 0 Å². The molecular formula is C63H43N. The summed E-state index contributed by atoms with van der Waals surface area (Å²) in [5.41, 5.74) is 17.7. The lowest BCUT2D eigenvalue weighted by molar-refractivity contribution is 0.768. The predicted molar refractivity (Wildman–Crippen MR) is 270 cm³/mol. The van der Waals surface area contributed by atoms with E-state index in [0.29, 0.717) is 0 Å². The van der Waals surface area contributed by atoms with Gasteiger partial charge in [0, 0.05) is 16.8 Å². The van der Waals surface area contributed by atoms with Gasteiger partial charge in [0.2, 0.25) is 0 Å². The van der Waals surface area contributed by atoms with Crippen LogP contribution in [0.15, 0.2) is 261 Å². The minimum Gasteiger partial charge on any atom is -0.310 e. The van der Waals surface area contributed by atoms with Crippen molar-refractivity contribution >= 4 is 38.6 Å². The minimum atomic E-state index is -0.470. The Kier molecular flexibility index (Phi) is 9.13. The number of nitrogens with zero attached hydrogens (tertiary/aromatic N) is 1. The lowest BCUT2D eigenvalue weighted by atomic mass is 9.68. The largest absolute Gasteiger partial charge is 0.310 e. The fourth-order valence-electron chi connectivity index (χ4n) is 10.4. The highest BCUT2D eigenvalue weighted by Gasteiger charge is 2.46. The summed E-state index contributed by atoms with van der Waals surface area (Å²) in [5, 5.41) is 4.91. The number of anilines is 3. The molecular weight excluding hydrogens is 771 g/mol. The Morgan fingerprint density at radius 2 is 0.719 bits per heavy atom. The van der Waals surface area contributed by atoms with Crippen molar-refractivity contribution in [1.29, 1.82) is 0 Å². The molecule has 0 amide bonds. The second kappa shape index (κ2) is 15.6. The zero-order chi connectivity index (χ0) is 42.5. The van der Waals surface area contributed by atoms with Crippen LogP contribution in [0.4, 0.5) is 17.1 Å². The second-order valence-corrected chi connectivity index (χ2v) is 16.8. The van der Waals surface area contributed by atoms with E-state index in [-0.39, 0.29) is 0 Å². The fraction of sp³-hybridized carbons (Fsp3) is 0.0159. The van der Waals surface area contributed by atoms with Crippen LogP contribution in [0.25, 0.3) is 66.1 Å². The maximum atomic E-state index is 2.47. The quantitative estimate of drug-likeness (QED) is 0.138. The van der Waals surface area contributed by atoms with Crippen molar-refractivity contribution in [3.05, 3.63) is 283 Å². The van der Waals surface area contributed by atoms with Crippen LogP contribution >= 0.6 is 0 Å². The highest BCUT2D eigenvalue weighted by atomic mass is 15.1. The van der Waals surface area contributed by atoms with E-state index < -0.39 is 5.41 Å². The van der Waals surface area contributed by atoms with Gasteiger partial charge in [-0.15, -0.1) is 0 Å². The van der Waals surface area contributed by atoms with Crippen molar-refractivity contribution in [2.24, 2.45) is 0 Å². The zero-order valence-corrected chi connectivity index (χ0v) is 35.3. The Bertz CT molecular complexity index is 3370. The number of hydrogen-bond donors (Lipinski definition) is 0. The average molecular weight is 814 g/mol. The van der Waals surface area contributed by atoms with Gasteiger partial charge in [-0.25, -0.2) is 0 Å². The first kappa shape index (κ1) is 37.5. The summed E-state index contributed by atoms with van der Waals surface area (Å²) < 4.78 is 0. The molecule has 0 atom stereocenters. The van der Waals surface area contributed by atoms with Crippen LogP contribution in [0, 0.1) is 0 Å². The predicted octanol–water partition coefficient (Wildman–Crippen LogP) is 16.8. The third kappa shape index (κ3) is 6.16. The van der Waals surface area contributed by atoms with Crippen LogP contribution in [0.3, 0.4) is 0 Å². The summed E-state index contributed by atoms with van der Waals surface area (Å²) in [7, 11) is 0. The summed E-state index contributed by atoms with van der Waals surface area (Å²) in [6.45, 7) is 0. The first-order valence-electron chi connectivity index (χ1n) is 22.2. The highest BCUT2D eigenvalue weighted by molar-refractivity contribution is 6.14. The third-order valence-corrected chi connectivity index (χ3v) is 13.3. The molecule has 1 heteroatoms. The molecule has 0 saturated heterocycles. The molecule has 300 valence electrons. The molecule has 64 heavy (non-hydrogen) atoms. The Morgan fingerprint density at radius 3 is 1.33 bits per heavy atom. The summed E-state index contributed by atoms with van der Waals surface area (Å²) in [5.74, 6) is 0. The molecule has 0 saturated carbocycles. The van der Waals surface area contributed by atoms with Crippen molar-refractivity contribution < 1.29 is 0 Å². The normalized spacial score (nSPS) is 12.5. The van der Waals surface area contributed by atoms with Gasteiger partial charge in [0.25, 0.3) is 0 Å². The molecule has 0 spiro atoms. The van der Waals surface area contributed by atoms with Gasteiger partial charge in [0.15, 0.2) is 0 Å². The fourth-order valence-corrected chi connectivity index (χ4v) is 10.4. The van der Waals surface area contributed by atoms with Crippen LogP contribution in [-0.4, -0.2) is 0 Å². The van der Waals surface area contributed by atoms with Crippen molar-refractivity contribution in [3.63, 3.8) is 0 Å². The molecule has 0 aromatic heterocycles. The molecule has 1 aliphatic rings. The molecule has 0 radical (unpaired) electrons. The molecule has 0 bridgehead atoms. The number of benzene rings is 11. The highest BCUT2D eigenvalue weighted by Crippen LogP contribution is 2.57. The maximum absolute atomic E-state index is 2.47. The van der Waals surface area contributed by atoms with Gasteiger partial charge in [-0.2, -0.15) is 0 Å². The van der Waals surface area contributed by atoms with Crippen LogP contribution < -0.4 is 4.90 Å². The van der Waals surface area contributed by atoms with Gasteiger partial charge in [0.05, 0.1) is 11.1 Å². The third-order valence-electron chi connectivity index (χ3n) is 13.3. The number of fused-ring (bicyclic) bond motifs is 6. The van der Waals surface area contributed by atoms with Gasteiger partial charge in [-0.1, -0.05) is 212 Å². The van der Waals surface area contributed by atoms with E-state index >= 15 is 0 Å². The molecule has 11 aromatic carbocycles. The maximum Gasteiger partial charge on any atom is 0.0713 e. The van der Waals surface area contributed by atoms with Gasteiger partial charge >= 0.3 is 0 Å². The van der Waals surface area contributed by atoms with Gasteiger partial charge < -0.3 is 4.90 Å². The van der Waals surface area contributed by atoms with E-state index in [0.717, 1.165) is 17.1 Å². The summed E-state index contributed by atoms with van der Waals surface area (Å²) >= 11 is 0. The second-order valence-electron chi connectivity index (χ2n) is 16.8. The molecule has 0 aliphatic heterocycles. The first-order valence-corrected chi connectivity index (χ1v) is 22.2. The molecule has 11 aromatic rings. The van der Waals surface area contributed by atoms with E-state index in [2.05, 4.69) is 266 Å². The molecule has 1 nitrogen and oxygen atoms in total.